The van der Waals surface area contributed by atoms with Gasteiger partial charge in [-0.1, -0.05) is 31.4 Å². The van der Waals surface area contributed by atoms with Gasteiger partial charge in [-0.2, -0.15) is 0 Å². The molecule has 0 radical (unpaired) electrons. The van der Waals surface area contributed by atoms with E-state index in [0.717, 1.165) is 21.2 Å². The van der Waals surface area contributed by atoms with Crippen LogP contribution in [0, 0.1) is 6.92 Å². The molecule has 1 aromatic carbocycles. The van der Waals surface area contributed by atoms with Crippen molar-refractivity contribution < 1.29 is 9.90 Å². The van der Waals surface area contributed by atoms with Gasteiger partial charge in [0.15, 0.2) is 0 Å². The molecule has 0 spiro atoms. The van der Waals surface area contributed by atoms with Gasteiger partial charge in [-0.15, -0.1) is 0 Å². The SMILES string of the molecule is Cc1c(CC(=O)O)ccc2c(C3CCCCC3)c(Br)[nH]c12. The van der Waals surface area contributed by atoms with Gasteiger partial charge in [0.25, 0.3) is 0 Å². The van der Waals surface area contributed by atoms with Gasteiger partial charge in [-0.05, 0) is 58.3 Å². The lowest BCUT2D eigenvalue weighted by Gasteiger charge is -2.22. The van der Waals surface area contributed by atoms with Gasteiger partial charge in [0.1, 0.15) is 0 Å². The molecule has 1 fully saturated rings. The molecule has 0 atom stereocenters. The zero-order valence-corrected chi connectivity index (χ0v) is 13.8. The van der Waals surface area contributed by atoms with Gasteiger partial charge in [0, 0.05) is 10.9 Å². The van der Waals surface area contributed by atoms with Crippen molar-refractivity contribution in [2.45, 2.75) is 51.4 Å². The standard InChI is InChI=1S/C17H20BrNO2/c1-10-12(9-14(20)21)7-8-13-15(17(18)19-16(10)13)11-5-3-2-4-6-11/h7-8,11,19H,2-6,9H2,1H3,(H,20,21). The van der Waals surface area contributed by atoms with E-state index in [-0.39, 0.29) is 6.42 Å². The van der Waals surface area contributed by atoms with Crippen LogP contribution in [0.3, 0.4) is 0 Å². The predicted octanol–water partition coefficient (Wildman–Crippen LogP) is 4.91. The Labute approximate surface area is 132 Å². The van der Waals surface area contributed by atoms with E-state index in [2.05, 4.69) is 27.0 Å². The van der Waals surface area contributed by atoms with Crippen molar-refractivity contribution in [2.75, 3.05) is 0 Å². The molecule has 2 N–H and O–H groups in total. The number of fused-ring (bicyclic) bond motifs is 1. The first kappa shape index (κ1) is 14.6. The highest BCUT2D eigenvalue weighted by molar-refractivity contribution is 9.10. The summed E-state index contributed by atoms with van der Waals surface area (Å²) in [7, 11) is 0. The number of rotatable bonds is 3. The normalized spacial score (nSPS) is 16.5. The fourth-order valence-electron chi connectivity index (χ4n) is 3.58. The number of H-pyrrole nitrogens is 1. The summed E-state index contributed by atoms with van der Waals surface area (Å²) in [6, 6.07) is 4.06. The van der Waals surface area contributed by atoms with Crippen molar-refractivity contribution in [1.82, 2.24) is 4.98 Å². The van der Waals surface area contributed by atoms with Crippen LogP contribution in [0.1, 0.15) is 54.7 Å². The maximum Gasteiger partial charge on any atom is 0.307 e. The van der Waals surface area contributed by atoms with E-state index in [4.69, 9.17) is 5.11 Å². The van der Waals surface area contributed by atoms with Crippen molar-refractivity contribution in [1.29, 1.82) is 0 Å². The number of benzene rings is 1. The molecule has 1 aromatic heterocycles. The number of hydrogen-bond acceptors (Lipinski definition) is 1. The highest BCUT2D eigenvalue weighted by Crippen LogP contribution is 2.41. The van der Waals surface area contributed by atoms with Crippen LogP contribution in [0.4, 0.5) is 0 Å². The number of carbonyl (C=O) groups is 1. The average Bonchev–Trinajstić information content (AvgIpc) is 2.80. The molecule has 1 aliphatic rings. The monoisotopic (exact) mass is 349 g/mol. The highest BCUT2D eigenvalue weighted by atomic mass is 79.9. The third kappa shape index (κ3) is 2.73. The van der Waals surface area contributed by atoms with Crippen molar-refractivity contribution in [3.05, 3.63) is 33.4 Å². The first-order chi connectivity index (χ1) is 10.1. The number of carboxylic acids is 1. The number of aromatic amines is 1. The first-order valence-electron chi connectivity index (χ1n) is 7.59. The van der Waals surface area contributed by atoms with Crippen LogP contribution in [0.15, 0.2) is 16.7 Å². The Balaban J connectivity index is 2.08. The van der Waals surface area contributed by atoms with Crippen molar-refractivity contribution in [3.63, 3.8) is 0 Å². The van der Waals surface area contributed by atoms with Gasteiger partial charge in [-0.25, -0.2) is 0 Å². The van der Waals surface area contributed by atoms with E-state index in [1.807, 2.05) is 13.0 Å². The Morgan fingerprint density at radius 3 is 2.71 bits per heavy atom. The maximum absolute atomic E-state index is 11.0. The Kier molecular flexibility index (Phi) is 4.07. The van der Waals surface area contributed by atoms with E-state index in [1.54, 1.807) is 0 Å². The minimum absolute atomic E-state index is 0.0805. The summed E-state index contributed by atoms with van der Waals surface area (Å²) in [6.45, 7) is 2.01. The van der Waals surface area contributed by atoms with E-state index in [1.165, 1.54) is 43.1 Å². The Bertz CT molecular complexity index is 684. The Morgan fingerprint density at radius 1 is 1.33 bits per heavy atom. The largest absolute Gasteiger partial charge is 0.481 e. The molecule has 0 bridgehead atoms. The Hall–Kier alpha value is -1.29. The molecule has 1 heterocycles. The van der Waals surface area contributed by atoms with Gasteiger partial charge in [-0.3, -0.25) is 4.79 Å². The van der Waals surface area contributed by atoms with E-state index in [9.17, 15) is 4.79 Å². The third-order valence-electron chi connectivity index (χ3n) is 4.69. The second kappa shape index (κ2) is 5.84. The number of aryl methyl sites for hydroxylation is 1. The summed E-state index contributed by atoms with van der Waals surface area (Å²) in [5, 5.41) is 10.3. The van der Waals surface area contributed by atoms with Crippen LogP contribution in [0.25, 0.3) is 10.9 Å². The van der Waals surface area contributed by atoms with Gasteiger partial charge in [0.2, 0.25) is 0 Å². The van der Waals surface area contributed by atoms with Crippen LogP contribution in [0.5, 0.6) is 0 Å². The third-order valence-corrected chi connectivity index (χ3v) is 5.32. The van der Waals surface area contributed by atoms with Crippen LogP contribution in [0.2, 0.25) is 0 Å². The molecule has 3 rings (SSSR count). The van der Waals surface area contributed by atoms with Crippen molar-refractivity contribution in [2.24, 2.45) is 0 Å². The molecule has 0 saturated heterocycles. The fraction of sp³-hybridized carbons (Fsp3) is 0.471. The minimum Gasteiger partial charge on any atom is -0.481 e. The number of carboxylic acid groups (broad SMARTS) is 1. The van der Waals surface area contributed by atoms with Crippen LogP contribution in [-0.4, -0.2) is 16.1 Å². The van der Waals surface area contributed by atoms with Crippen molar-refractivity contribution >= 4 is 32.8 Å². The number of aliphatic carboxylic acids is 1. The molecule has 2 aromatic rings. The molecule has 0 amide bonds. The summed E-state index contributed by atoms with van der Waals surface area (Å²) in [5.41, 5.74) is 4.41. The summed E-state index contributed by atoms with van der Waals surface area (Å²) < 4.78 is 1.07. The number of halogens is 1. The number of nitrogens with one attached hydrogen (secondary N) is 1. The molecule has 1 saturated carbocycles. The minimum atomic E-state index is -0.782. The highest BCUT2D eigenvalue weighted by Gasteiger charge is 2.23. The van der Waals surface area contributed by atoms with E-state index in [0.29, 0.717) is 5.92 Å². The number of aromatic nitrogens is 1. The van der Waals surface area contributed by atoms with Crippen molar-refractivity contribution in [3.8, 4) is 0 Å². The molecule has 4 heteroatoms. The molecule has 21 heavy (non-hydrogen) atoms. The molecular formula is C17H20BrNO2. The first-order valence-corrected chi connectivity index (χ1v) is 8.38. The Morgan fingerprint density at radius 2 is 2.05 bits per heavy atom. The van der Waals surface area contributed by atoms with Gasteiger partial charge < -0.3 is 10.1 Å². The number of hydrogen-bond donors (Lipinski definition) is 2. The molecule has 3 nitrogen and oxygen atoms in total. The average molecular weight is 350 g/mol. The summed E-state index contributed by atoms with van der Waals surface area (Å²) >= 11 is 3.68. The molecule has 0 aliphatic heterocycles. The topological polar surface area (TPSA) is 53.1 Å². The van der Waals surface area contributed by atoms with E-state index < -0.39 is 5.97 Å². The lowest BCUT2D eigenvalue weighted by molar-refractivity contribution is -0.136. The van der Waals surface area contributed by atoms with Crippen LogP contribution >= 0.6 is 15.9 Å². The molecular weight excluding hydrogens is 330 g/mol. The zero-order valence-electron chi connectivity index (χ0n) is 12.2. The maximum atomic E-state index is 11.0. The molecule has 112 valence electrons. The van der Waals surface area contributed by atoms with Gasteiger partial charge in [0.05, 0.1) is 11.0 Å². The molecule has 0 unspecified atom stereocenters. The smallest absolute Gasteiger partial charge is 0.307 e. The van der Waals surface area contributed by atoms with Crippen LogP contribution < -0.4 is 0 Å². The summed E-state index contributed by atoms with van der Waals surface area (Å²) in [4.78, 5) is 14.4. The quantitative estimate of drug-likeness (QED) is 0.826. The zero-order chi connectivity index (χ0) is 15.0. The fourth-order valence-corrected chi connectivity index (χ4v) is 4.32. The van der Waals surface area contributed by atoms with E-state index >= 15 is 0 Å². The second-order valence-corrected chi connectivity index (χ2v) is 6.82. The van der Waals surface area contributed by atoms with Crippen LogP contribution in [-0.2, 0) is 11.2 Å². The summed E-state index contributed by atoms with van der Waals surface area (Å²) in [5.74, 6) is -0.165. The molecule has 1 aliphatic carbocycles. The lowest BCUT2D eigenvalue weighted by atomic mass is 9.83. The lowest BCUT2D eigenvalue weighted by Crippen LogP contribution is -2.05. The summed E-state index contributed by atoms with van der Waals surface area (Å²) in [6.07, 6.45) is 6.54. The van der Waals surface area contributed by atoms with Gasteiger partial charge >= 0.3 is 5.97 Å². The second-order valence-electron chi connectivity index (χ2n) is 6.03. The predicted molar refractivity (Wildman–Crippen MR) is 87.9 cm³/mol.